The van der Waals surface area contributed by atoms with Crippen LogP contribution in [-0.2, 0) is 0 Å². The Bertz CT molecular complexity index is 337. The quantitative estimate of drug-likeness (QED) is 0.780. The molecule has 1 aromatic carbocycles. The zero-order valence-corrected chi connectivity index (χ0v) is 10.5. The van der Waals surface area contributed by atoms with Gasteiger partial charge in [0.2, 0.25) is 0 Å². The highest BCUT2D eigenvalue weighted by Crippen LogP contribution is 2.27. The molecular formula is C13H21NO2. The van der Waals surface area contributed by atoms with Crippen molar-refractivity contribution in [2.24, 2.45) is 5.92 Å². The molecule has 16 heavy (non-hydrogen) atoms. The number of hydrogen-bond acceptors (Lipinski definition) is 3. The Morgan fingerprint density at radius 3 is 2.50 bits per heavy atom. The number of benzene rings is 1. The first kappa shape index (κ1) is 12.7. The van der Waals surface area contributed by atoms with Crippen molar-refractivity contribution in [1.29, 1.82) is 0 Å². The maximum Gasteiger partial charge on any atom is 0.145 e. The second-order valence-electron chi connectivity index (χ2n) is 4.46. The second-order valence-corrected chi connectivity index (χ2v) is 4.46. The standard InChI is InChI=1S/C13H21NO2/c1-9(2)7-10(3)16-11-5-6-12(14)13(8-11)15-4/h5-6,8-10H,7,14H2,1-4H3. The Morgan fingerprint density at radius 1 is 1.25 bits per heavy atom. The summed E-state index contributed by atoms with van der Waals surface area (Å²) in [4.78, 5) is 0. The molecule has 1 rings (SSSR count). The van der Waals surface area contributed by atoms with Crippen LogP contribution in [0.15, 0.2) is 18.2 Å². The molecule has 3 heteroatoms. The fraction of sp³-hybridized carbons (Fsp3) is 0.538. The van der Waals surface area contributed by atoms with Gasteiger partial charge in [-0.2, -0.15) is 0 Å². The van der Waals surface area contributed by atoms with Gasteiger partial charge in [0.15, 0.2) is 0 Å². The van der Waals surface area contributed by atoms with Gasteiger partial charge >= 0.3 is 0 Å². The van der Waals surface area contributed by atoms with Crippen molar-refractivity contribution in [3.8, 4) is 11.5 Å². The minimum absolute atomic E-state index is 0.202. The van der Waals surface area contributed by atoms with Gasteiger partial charge in [0.25, 0.3) is 0 Å². The van der Waals surface area contributed by atoms with Crippen molar-refractivity contribution in [2.75, 3.05) is 12.8 Å². The van der Waals surface area contributed by atoms with E-state index in [9.17, 15) is 0 Å². The van der Waals surface area contributed by atoms with E-state index in [2.05, 4.69) is 20.8 Å². The van der Waals surface area contributed by atoms with E-state index in [0.717, 1.165) is 12.2 Å². The molecule has 0 saturated carbocycles. The molecule has 1 aromatic rings. The van der Waals surface area contributed by atoms with E-state index in [1.807, 2.05) is 12.1 Å². The normalized spacial score (nSPS) is 12.6. The number of anilines is 1. The number of nitrogen functional groups attached to an aromatic ring is 1. The third-order valence-electron chi connectivity index (χ3n) is 2.35. The summed E-state index contributed by atoms with van der Waals surface area (Å²) in [6, 6.07) is 5.50. The lowest BCUT2D eigenvalue weighted by molar-refractivity contribution is 0.192. The van der Waals surface area contributed by atoms with E-state index in [-0.39, 0.29) is 6.10 Å². The highest BCUT2D eigenvalue weighted by molar-refractivity contribution is 5.55. The molecule has 0 radical (unpaired) electrons. The average molecular weight is 223 g/mol. The van der Waals surface area contributed by atoms with Crippen molar-refractivity contribution in [1.82, 2.24) is 0 Å². The van der Waals surface area contributed by atoms with Crippen molar-refractivity contribution in [2.45, 2.75) is 33.3 Å². The summed E-state index contributed by atoms with van der Waals surface area (Å²) in [7, 11) is 1.60. The summed E-state index contributed by atoms with van der Waals surface area (Å²) in [5.41, 5.74) is 6.36. The molecule has 0 fully saturated rings. The molecule has 0 aliphatic rings. The van der Waals surface area contributed by atoms with Crippen molar-refractivity contribution in [3.63, 3.8) is 0 Å². The van der Waals surface area contributed by atoms with Crippen LogP contribution in [0.3, 0.4) is 0 Å². The van der Waals surface area contributed by atoms with Crippen LogP contribution in [0.1, 0.15) is 27.2 Å². The molecule has 0 aliphatic heterocycles. The molecule has 0 amide bonds. The summed E-state index contributed by atoms with van der Waals surface area (Å²) in [5, 5.41) is 0. The molecule has 0 heterocycles. The molecule has 1 atom stereocenters. The fourth-order valence-corrected chi connectivity index (χ4v) is 1.71. The summed E-state index contributed by atoms with van der Waals surface area (Å²) < 4.78 is 10.9. The number of hydrogen-bond donors (Lipinski definition) is 1. The Balaban J connectivity index is 2.67. The summed E-state index contributed by atoms with van der Waals surface area (Å²) in [6.45, 7) is 6.44. The van der Waals surface area contributed by atoms with Crippen LogP contribution in [0.2, 0.25) is 0 Å². The molecule has 2 N–H and O–H groups in total. The van der Waals surface area contributed by atoms with Crippen molar-refractivity contribution >= 4 is 5.69 Å². The first-order valence-corrected chi connectivity index (χ1v) is 5.63. The third-order valence-corrected chi connectivity index (χ3v) is 2.35. The third kappa shape index (κ3) is 3.65. The average Bonchev–Trinajstić information content (AvgIpc) is 2.19. The van der Waals surface area contributed by atoms with Crippen LogP contribution < -0.4 is 15.2 Å². The SMILES string of the molecule is COc1cc(OC(C)CC(C)C)ccc1N. The lowest BCUT2D eigenvalue weighted by Crippen LogP contribution is -2.14. The van der Waals surface area contributed by atoms with E-state index in [1.54, 1.807) is 13.2 Å². The van der Waals surface area contributed by atoms with Gasteiger partial charge in [-0.1, -0.05) is 13.8 Å². The Hall–Kier alpha value is -1.38. The lowest BCUT2D eigenvalue weighted by atomic mass is 10.1. The van der Waals surface area contributed by atoms with Crippen LogP contribution in [-0.4, -0.2) is 13.2 Å². The number of ether oxygens (including phenoxy) is 2. The first-order valence-electron chi connectivity index (χ1n) is 5.63. The topological polar surface area (TPSA) is 44.5 Å². The van der Waals surface area contributed by atoms with Gasteiger partial charge in [0, 0.05) is 6.07 Å². The van der Waals surface area contributed by atoms with Gasteiger partial charge in [-0.25, -0.2) is 0 Å². The molecule has 90 valence electrons. The van der Waals surface area contributed by atoms with Gasteiger partial charge in [-0.3, -0.25) is 0 Å². The van der Waals surface area contributed by atoms with E-state index >= 15 is 0 Å². The minimum atomic E-state index is 0.202. The van der Waals surface area contributed by atoms with Crippen molar-refractivity contribution in [3.05, 3.63) is 18.2 Å². The van der Waals surface area contributed by atoms with Crippen LogP contribution in [0.4, 0.5) is 5.69 Å². The summed E-state index contributed by atoms with van der Waals surface area (Å²) in [5.74, 6) is 2.10. The van der Waals surface area contributed by atoms with E-state index in [4.69, 9.17) is 15.2 Å². The lowest BCUT2D eigenvalue weighted by Gasteiger charge is -2.17. The summed E-state index contributed by atoms with van der Waals surface area (Å²) in [6.07, 6.45) is 1.24. The molecule has 1 unspecified atom stereocenters. The van der Waals surface area contributed by atoms with E-state index in [1.165, 1.54) is 0 Å². The van der Waals surface area contributed by atoms with Gasteiger partial charge in [-0.05, 0) is 31.4 Å². The maximum atomic E-state index is 5.79. The maximum absolute atomic E-state index is 5.79. The molecule has 0 spiro atoms. The highest BCUT2D eigenvalue weighted by atomic mass is 16.5. The summed E-state index contributed by atoms with van der Waals surface area (Å²) >= 11 is 0. The number of nitrogens with two attached hydrogens (primary N) is 1. The van der Waals surface area contributed by atoms with Crippen LogP contribution in [0.5, 0.6) is 11.5 Å². The van der Waals surface area contributed by atoms with Crippen LogP contribution in [0.25, 0.3) is 0 Å². The molecule has 0 aromatic heterocycles. The monoisotopic (exact) mass is 223 g/mol. The van der Waals surface area contributed by atoms with E-state index < -0.39 is 0 Å². The number of rotatable bonds is 5. The second kappa shape index (κ2) is 5.64. The van der Waals surface area contributed by atoms with Crippen LogP contribution in [0, 0.1) is 5.92 Å². The molecular weight excluding hydrogens is 202 g/mol. The smallest absolute Gasteiger partial charge is 0.145 e. The molecule has 0 aliphatic carbocycles. The van der Waals surface area contributed by atoms with Gasteiger partial charge in [0.1, 0.15) is 11.5 Å². The zero-order chi connectivity index (χ0) is 12.1. The zero-order valence-electron chi connectivity index (χ0n) is 10.5. The molecule has 0 bridgehead atoms. The Morgan fingerprint density at radius 2 is 1.94 bits per heavy atom. The first-order chi connectivity index (χ1) is 7.52. The van der Waals surface area contributed by atoms with E-state index in [0.29, 0.717) is 17.4 Å². The number of methoxy groups -OCH3 is 1. The highest BCUT2D eigenvalue weighted by Gasteiger charge is 2.08. The molecule has 0 saturated heterocycles. The Labute approximate surface area is 97.6 Å². The minimum Gasteiger partial charge on any atom is -0.494 e. The predicted molar refractivity (Wildman–Crippen MR) is 67.0 cm³/mol. The van der Waals surface area contributed by atoms with Gasteiger partial charge < -0.3 is 15.2 Å². The van der Waals surface area contributed by atoms with Crippen LogP contribution >= 0.6 is 0 Å². The Kier molecular flexibility index (Phi) is 4.47. The predicted octanol–water partition coefficient (Wildman–Crippen LogP) is 3.09. The van der Waals surface area contributed by atoms with Gasteiger partial charge in [0.05, 0.1) is 18.9 Å². The fourth-order valence-electron chi connectivity index (χ4n) is 1.71. The largest absolute Gasteiger partial charge is 0.494 e. The molecule has 3 nitrogen and oxygen atoms in total. The van der Waals surface area contributed by atoms with Gasteiger partial charge in [-0.15, -0.1) is 0 Å². The van der Waals surface area contributed by atoms with Crippen molar-refractivity contribution < 1.29 is 9.47 Å².